The largest absolute Gasteiger partial charge is 0.469 e. The van der Waals surface area contributed by atoms with Crippen LogP contribution in [-0.4, -0.2) is 26.0 Å². The van der Waals surface area contributed by atoms with Gasteiger partial charge in [-0.15, -0.1) is 10.2 Å². The smallest absolute Gasteiger partial charge is 0.237 e. The van der Waals surface area contributed by atoms with E-state index in [4.69, 9.17) is 10.3 Å². The van der Waals surface area contributed by atoms with Crippen molar-refractivity contribution in [1.82, 2.24) is 14.9 Å². The summed E-state index contributed by atoms with van der Waals surface area (Å²) in [5.74, 6) is 7.62. The Bertz CT molecular complexity index is 965. The van der Waals surface area contributed by atoms with Gasteiger partial charge in [-0.1, -0.05) is 43.8 Å². The molecule has 0 aliphatic heterocycles. The fourth-order valence-corrected chi connectivity index (χ4v) is 3.63. The molecular weight excluding hydrogens is 374 g/mol. The average Bonchev–Trinajstić information content (AvgIpc) is 3.27. The number of nitrogens with one attached hydrogen (secondary N) is 1. The highest BCUT2D eigenvalue weighted by Gasteiger charge is 2.22. The van der Waals surface area contributed by atoms with E-state index in [0.29, 0.717) is 22.7 Å². The molecule has 0 saturated carbocycles. The van der Waals surface area contributed by atoms with Crippen molar-refractivity contribution in [1.29, 1.82) is 0 Å². The maximum absolute atomic E-state index is 12.7. The first kappa shape index (κ1) is 20.0. The third-order valence-corrected chi connectivity index (χ3v) is 5.83. The predicted octanol–water partition coefficient (Wildman–Crippen LogP) is 4.19. The molecule has 28 heavy (non-hydrogen) atoms. The minimum absolute atomic E-state index is 0.107. The van der Waals surface area contributed by atoms with Gasteiger partial charge in [-0.25, -0.2) is 4.68 Å². The third kappa shape index (κ3) is 4.06. The highest BCUT2D eigenvalue weighted by Crippen LogP contribution is 2.29. The van der Waals surface area contributed by atoms with Gasteiger partial charge in [0.2, 0.25) is 11.1 Å². The van der Waals surface area contributed by atoms with E-state index in [1.807, 2.05) is 32.0 Å². The zero-order valence-electron chi connectivity index (χ0n) is 16.5. The van der Waals surface area contributed by atoms with Gasteiger partial charge in [-0.05, 0) is 43.9 Å². The van der Waals surface area contributed by atoms with E-state index in [0.717, 1.165) is 23.2 Å². The lowest BCUT2D eigenvalue weighted by atomic mass is 9.97. The van der Waals surface area contributed by atoms with Crippen molar-refractivity contribution < 1.29 is 9.21 Å². The Labute approximate surface area is 168 Å². The van der Waals surface area contributed by atoms with Crippen LogP contribution < -0.4 is 11.2 Å². The Balaban J connectivity index is 1.72. The predicted molar refractivity (Wildman–Crippen MR) is 112 cm³/mol. The van der Waals surface area contributed by atoms with Crippen LogP contribution in [-0.2, 0) is 4.79 Å². The van der Waals surface area contributed by atoms with Crippen LogP contribution >= 0.6 is 11.8 Å². The minimum atomic E-state index is -0.394. The van der Waals surface area contributed by atoms with Gasteiger partial charge >= 0.3 is 0 Å². The number of rotatable bonds is 7. The first-order valence-electron chi connectivity index (χ1n) is 9.23. The Morgan fingerprint density at radius 1 is 1.29 bits per heavy atom. The number of nitrogens with two attached hydrogens (primary N) is 1. The first-order chi connectivity index (χ1) is 13.4. The molecule has 0 unspecified atom stereocenters. The Hall–Kier alpha value is -2.74. The van der Waals surface area contributed by atoms with Gasteiger partial charge in [0, 0.05) is 5.69 Å². The number of aryl methyl sites for hydroxylation is 1. The van der Waals surface area contributed by atoms with E-state index in [9.17, 15) is 4.79 Å². The number of thioether (sulfide) groups is 1. The summed E-state index contributed by atoms with van der Waals surface area (Å²) >= 11 is 1.26. The maximum atomic E-state index is 12.7. The van der Waals surface area contributed by atoms with E-state index in [-0.39, 0.29) is 5.91 Å². The molecule has 0 spiro atoms. The Morgan fingerprint density at radius 3 is 2.71 bits per heavy atom. The lowest BCUT2D eigenvalue weighted by molar-refractivity contribution is -0.115. The van der Waals surface area contributed by atoms with Crippen LogP contribution in [0.3, 0.4) is 0 Å². The molecule has 0 aliphatic rings. The minimum Gasteiger partial charge on any atom is -0.469 e. The molecule has 2 atom stereocenters. The summed E-state index contributed by atoms with van der Waals surface area (Å²) in [4.78, 5) is 12.7. The summed E-state index contributed by atoms with van der Waals surface area (Å²) in [7, 11) is 0. The van der Waals surface area contributed by atoms with Gasteiger partial charge in [0.1, 0.15) is 5.76 Å². The fraction of sp³-hybridized carbons (Fsp3) is 0.350. The Kier molecular flexibility index (Phi) is 6.08. The molecule has 2 heterocycles. The van der Waals surface area contributed by atoms with Crippen molar-refractivity contribution in [3.63, 3.8) is 0 Å². The molecule has 0 radical (unpaired) electrons. The summed E-state index contributed by atoms with van der Waals surface area (Å²) in [6.45, 7) is 7.94. The topological polar surface area (TPSA) is 99.0 Å². The Morgan fingerprint density at radius 2 is 2.04 bits per heavy atom. The van der Waals surface area contributed by atoms with Crippen LogP contribution in [0.2, 0.25) is 0 Å². The number of nitrogen functional groups attached to an aromatic ring is 1. The third-order valence-electron chi connectivity index (χ3n) is 4.78. The summed E-state index contributed by atoms with van der Waals surface area (Å²) in [5.41, 5.74) is 2.76. The van der Waals surface area contributed by atoms with Gasteiger partial charge < -0.3 is 15.6 Å². The average molecular weight is 400 g/mol. The summed E-state index contributed by atoms with van der Waals surface area (Å²) < 4.78 is 6.69. The van der Waals surface area contributed by atoms with E-state index in [1.165, 1.54) is 16.4 Å². The molecule has 1 aromatic carbocycles. The number of hydrogen-bond donors (Lipinski definition) is 2. The number of aromatic nitrogens is 3. The number of anilines is 1. The van der Waals surface area contributed by atoms with Crippen molar-refractivity contribution in [3.8, 4) is 11.4 Å². The van der Waals surface area contributed by atoms with E-state index in [2.05, 4.69) is 35.4 Å². The fourth-order valence-electron chi connectivity index (χ4n) is 2.86. The molecule has 0 aliphatic carbocycles. The van der Waals surface area contributed by atoms with E-state index in [1.54, 1.807) is 12.3 Å². The van der Waals surface area contributed by atoms with Crippen molar-refractivity contribution in [2.24, 2.45) is 0 Å². The molecule has 3 rings (SSSR count). The van der Waals surface area contributed by atoms with Crippen molar-refractivity contribution in [2.45, 2.75) is 50.4 Å². The second-order valence-corrected chi connectivity index (χ2v) is 8.02. The van der Waals surface area contributed by atoms with Crippen LogP contribution in [0.15, 0.2) is 46.2 Å². The van der Waals surface area contributed by atoms with Crippen molar-refractivity contribution in [2.75, 3.05) is 11.2 Å². The van der Waals surface area contributed by atoms with Crippen molar-refractivity contribution >= 4 is 23.4 Å². The van der Waals surface area contributed by atoms with Gasteiger partial charge in [0.05, 0.1) is 17.1 Å². The molecule has 8 heteroatoms. The highest BCUT2D eigenvalue weighted by molar-refractivity contribution is 8.00. The SMILES string of the molecule is CC[C@H](C)c1ccccc1NC(=O)[C@H](C)Sc1nnc(-c2ccoc2C)n1N. The standard InChI is InChI=1S/C20H25N5O2S/c1-5-12(2)15-8-6-7-9-17(15)22-19(26)14(4)28-20-24-23-18(25(20)21)16-10-11-27-13(16)3/h6-12,14H,5,21H2,1-4H3,(H,22,26)/t12-,14-/m0/s1. The molecule has 3 aromatic rings. The number of carbonyl (C=O) groups excluding carboxylic acids is 1. The number of furan rings is 1. The van der Waals surface area contributed by atoms with Crippen molar-refractivity contribution in [3.05, 3.63) is 47.9 Å². The second kappa shape index (κ2) is 8.52. The first-order valence-corrected chi connectivity index (χ1v) is 10.1. The number of benzene rings is 1. The van der Waals surface area contributed by atoms with Crippen LogP contribution in [0.4, 0.5) is 5.69 Å². The lowest BCUT2D eigenvalue weighted by Crippen LogP contribution is -2.24. The van der Waals surface area contributed by atoms with Gasteiger partial charge in [0.15, 0.2) is 5.82 Å². The van der Waals surface area contributed by atoms with Gasteiger partial charge in [-0.2, -0.15) is 0 Å². The molecule has 148 valence electrons. The van der Waals surface area contributed by atoms with Crippen LogP contribution in [0.1, 0.15) is 44.4 Å². The van der Waals surface area contributed by atoms with E-state index < -0.39 is 5.25 Å². The zero-order chi connectivity index (χ0) is 20.3. The van der Waals surface area contributed by atoms with Crippen LogP contribution in [0.5, 0.6) is 0 Å². The summed E-state index contributed by atoms with van der Waals surface area (Å²) in [6, 6.07) is 9.69. The molecule has 0 fully saturated rings. The second-order valence-electron chi connectivity index (χ2n) is 6.71. The monoisotopic (exact) mass is 399 g/mol. The lowest BCUT2D eigenvalue weighted by Gasteiger charge is -2.17. The maximum Gasteiger partial charge on any atom is 0.237 e. The molecule has 1 amide bonds. The molecule has 2 aromatic heterocycles. The van der Waals surface area contributed by atoms with E-state index >= 15 is 0 Å². The van der Waals surface area contributed by atoms with Crippen LogP contribution in [0, 0.1) is 6.92 Å². The zero-order valence-corrected chi connectivity index (χ0v) is 17.3. The number of hydrogen-bond acceptors (Lipinski definition) is 6. The number of para-hydroxylation sites is 1. The van der Waals surface area contributed by atoms with Crippen LogP contribution in [0.25, 0.3) is 11.4 Å². The number of carbonyl (C=O) groups is 1. The molecule has 3 N–H and O–H groups in total. The molecule has 0 bridgehead atoms. The number of nitrogens with zero attached hydrogens (tertiary/aromatic N) is 3. The molecule has 0 saturated heterocycles. The summed E-state index contributed by atoms with van der Waals surface area (Å²) in [6.07, 6.45) is 2.58. The van der Waals surface area contributed by atoms with Gasteiger partial charge in [0.25, 0.3) is 0 Å². The molecular formula is C20H25N5O2S. The normalized spacial score (nSPS) is 13.3. The quantitative estimate of drug-likeness (QED) is 0.456. The van der Waals surface area contributed by atoms with Gasteiger partial charge in [-0.3, -0.25) is 4.79 Å². The number of amides is 1. The molecule has 7 nitrogen and oxygen atoms in total. The summed E-state index contributed by atoms with van der Waals surface area (Å²) in [5, 5.41) is 11.4. The highest BCUT2D eigenvalue weighted by atomic mass is 32.2.